The third kappa shape index (κ3) is 3.71. The van der Waals surface area contributed by atoms with Gasteiger partial charge in [-0.25, -0.2) is 5.06 Å². The number of anilines is 1. The van der Waals surface area contributed by atoms with Crippen LogP contribution >= 0.6 is 23.2 Å². The van der Waals surface area contributed by atoms with Crippen molar-refractivity contribution in [2.75, 3.05) is 12.1 Å². The topological polar surface area (TPSA) is 59.8 Å². The second-order valence-corrected chi connectivity index (χ2v) is 6.68. The van der Waals surface area contributed by atoms with Crippen molar-refractivity contribution in [3.8, 4) is 0 Å². The Bertz CT molecular complexity index is 872. The summed E-state index contributed by atoms with van der Waals surface area (Å²) in [7, 11) is 1.56. The summed E-state index contributed by atoms with van der Waals surface area (Å²) in [5.41, 5.74) is 0.464. The van der Waals surface area contributed by atoms with Gasteiger partial charge in [-0.05, 0) is 36.4 Å². The molecule has 10 heteroatoms. The van der Waals surface area contributed by atoms with E-state index >= 15 is 0 Å². The van der Waals surface area contributed by atoms with Gasteiger partial charge in [0.05, 0.1) is 11.4 Å². The molecule has 1 heterocycles. The molecule has 3 rings (SSSR count). The highest BCUT2D eigenvalue weighted by atomic mass is 35.5. The van der Waals surface area contributed by atoms with Gasteiger partial charge in [0.25, 0.3) is 0 Å². The van der Waals surface area contributed by atoms with E-state index in [1.165, 1.54) is 11.1 Å². The van der Waals surface area contributed by atoms with Crippen molar-refractivity contribution in [3.05, 3.63) is 69.7 Å². The van der Waals surface area contributed by atoms with Crippen LogP contribution in [0.2, 0.25) is 10.0 Å². The van der Waals surface area contributed by atoms with E-state index in [-0.39, 0.29) is 21.3 Å². The number of hydroxylamine groups is 2. The maximum Gasteiger partial charge on any atom is 0.428 e. The molecule has 1 atom stereocenters. The number of nitrogens with two attached hydrogens (primary N) is 1. The molecule has 0 spiro atoms. The Hall–Kier alpha value is -1.97. The maximum absolute atomic E-state index is 14.0. The van der Waals surface area contributed by atoms with Crippen molar-refractivity contribution in [1.29, 1.82) is 0 Å². The number of benzene rings is 2. The van der Waals surface area contributed by atoms with Crippen LogP contribution in [0.15, 0.2) is 48.5 Å². The standard InChI is InChI=1S/C17H14Cl2F3N3O2/c1-25(27-23)14-4-2-3-10(5-14)15-9-16(26-24-15,17(20,21)22)11-6-12(18)8-13(19)7-11/h2-9,24H,23H2,1H3. The predicted molar refractivity (Wildman–Crippen MR) is 96.5 cm³/mol. The SMILES string of the molecule is CN(ON)c1cccc(C2=CC(c3cc(Cl)cc(Cl)c3)(C(F)(F)F)ON2)c1. The molecule has 0 amide bonds. The van der Waals surface area contributed by atoms with E-state index in [1.54, 1.807) is 31.3 Å². The molecule has 0 bridgehead atoms. The first kappa shape index (κ1) is 19.8. The van der Waals surface area contributed by atoms with Crippen molar-refractivity contribution in [3.63, 3.8) is 0 Å². The summed E-state index contributed by atoms with van der Waals surface area (Å²) in [5, 5.41) is 1.39. The number of hydrogen-bond donors (Lipinski definition) is 2. The van der Waals surface area contributed by atoms with E-state index in [9.17, 15) is 13.2 Å². The number of hydrogen-bond acceptors (Lipinski definition) is 5. The summed E-state index contributed by atoms with van der Waals surface area (Å²) in [5.74, 6) is 5.11. The highest BCUT2D eigenvalue weighted by Gasteiger charge is 2.59. The summed E-state index contributed by atoms with van der Waals surface area (Å²) < 4.78 is 41.9. The van der Waals surface area contributed by atoms with E-state index in [1.807, 2.05) is 0 Å². The lowest BCUT2D eigenvalue weighted by Crippen LogP contribution is -2.42. The number of nitrogens with zero attached hydrogens (tertiary/aromatic N) is 1. The second kappa shape index (κ2) is 7.21. The quantitative estimate of drug-likeness (QED) is 0.710. The molecule has 2 aromatic rings. The fourth-order valence-corrected chi connectivity index (χ4v) is 3.21. The molecule has 2 aromatic carbocycles. The normalized spacial score (nSPS) is 19.6. The van der Waals surface area contributed by atoms with Crippen LogP contribution in [0.3, 0.4) is 0 Å². The highest BCUT2D eigenvalue weighted by molar-refractivity contribution is 6.34. The second-order valence-electron chi connectivity index (χ2n) is 5.81. The van der Waals surface area contributed by atoms with Gasteiger partial charge in [0.2, 0.25) is 5.60 Å². The lowest BCUT2D eigenvalue weighted by molar-refractivity contribution is -0.269. The molecule has 0 aliphatic carbocycles. The van der Waals surface area contributed by atoms with Gasteiger partial charge >= 0.3 is 6.18 Å². The number of halogens is 5. The predicted octanol–water partition coefficient (Wildman–Crippen LogP) is 4.57. The van der Waals surface area contributed by atoms with Gasteiger partial charge in [0.1, 0.15) is 0 Å². The average Bonchev–Trinajstić information content (AvgIpc) is 3.07. The lowest BCUT2D eigenvalue weighted by atomic mass is 9.91. The van der Waals surface area contributed by atoms with Crippen molar-refractivity contribution >= 4 is 34.6 Å². The zero-order valence-electron chi connectivity index (χ0n) is 13.8. The first-order chi connectivity index (χ1) is 12.7. The monoisotopic (exact) mass is 419 g/mol. The smallest absolute Gasteiger partial charge is 0.265 e. The summed E-state index contributed by atoms with van der Waals surface area (Å²) in [6, 6.07) is 10.2. The average molecular weight is 420 g/mol. The van der Waals surface area contributed by atoms with Gasteiger partial charge in [-0.15, -0.1) is 0 Å². The zero-order valence-corrected chi connectivity index (χ0v) is 15.4. The number of alkyl halides is 3. The van der Waals surface area contributed by atoms with Crippen molar-refractivity contribution in [2.45, 2.75) is 11.8 Å². The Kier molecular flexibility index (Phi) is 5.29. The fourth-order valence-electron chi connectivity index (χ4n) is 2.68. The Morgan fingerprint density at radius 1 is 1.15 bits per heavy atom. The van der Waals surface area contributed by atoms with Crippen LogP contribution in [0, 0.1) is 0 Å². The summed E-state index contributed by atoms with van der Waals surface area (Å²) in [6.07, 6.45) is -3.83. The Morgan fingerprint density at radius 2 is 1.81 bits per heavy atom. The van der Waals surface area contributed by atoms with Gasteiger partial charge in [0, 0.05) is 28.2 Å². The highest BCUT2D eigenvalue weighted by Crippen LogP contribution is 2.48. The van der Waals surface area contributed by atoms with Gasteiger partial charge in [-0.1, -0.05) is 35.3 Å². The minimum atomic E-state index is -4.77. The van der Waals surface area contributed by atoms with E-state index in [4.69, 9.17) is 33.9 Å². The molecular formula is C17H14Cl2F3N3O2. The number of nitrogens with one attached hydrogen (secondary N) is 1. The molecule has 1 aliphatic rings. The molecule has 1 unspecified atom stereocenters. The molecule has 144 valence electrons. The van der Waals surface area contributed by atoms with E-state index in [2.05, 4.69) is 10.4 Å². The first-order valence-electron chi connectivity index (χ1n) is 7.57. The third-order valence-electron chi connectivity index (χ3n) is 4.06. The van der Waals surface area contributed by atoms with Gasteiger partial charge in [-0.2, -0.15) is 24.0 Å². The van der Waals surface area contributed by atoms with Crippen LogP contribution in [0.25, 0.3) is 5.70 Å². The largest absolute Gasteiger partial charge is 0.428 e. The van der Waals surface area contributed by atoms with Crippen LogP contribution in [-0.2, 0) is 15.4 Å². The Morgan fingerprint density at radius 3 is 2.41 bits per heavy atom. The van der Waals surface area contributed by atoms with Gasteiger partial charge < -0.3 is 0 Å². The lowest BCUT2D eigenvalue weighted by Gasteiger charge is -2.28. The van der Waals surface area contributed by atoms with Gasteiger partial charge in [0.15, 0.2) is 0 Å². The molecule has 27 heavy (non-hydrogen) atoms. The molecular weight excluding hydrogens is 406 g/mol. The maximum atomic E-state index is 14.0. The van der Waals surface area contributed by atoms with E-state index in [0.717, 1.165) is 18.2 Å². The van der Waals surface area contributed by atoms with Gasteiger partial charge in [-0.3, -0.25) is 10.3 Å². The van der Waals surface area contributed by atoms with E-state index in [0.29, 0.717) is 11.3 Å². The van der Waals surface area contributed by atoms with Crippen LogP contribution in [0.5, 0.6) is 0 Å². The molecule has 3 N–H and O–H groups in total. The molecule has 0 fully saturated rings. The molecule has 0 aromatic heterocycles. The minimum Gasteiger partial charge on any atom is -0.265 e. The molecule has 5 nitrogen and oxygen atoms in total. The molecule has 0 radical (unpaired) electrons. The molecule has 0 saturated heterocycles. The first-order valence-corrected chi connectivity index (χ1v) is 8.33. The van der Waals surface area contributed by atoms with Crippen molar-refractivity contribution in [2.24, 2.45) is 5.90 Å². The third-order valence-corrected chi connectivity index (χ3v) is 4.50. The minimum absolute atomic E-state index is 0.0651. The van der Waals surface area contributed by atoms with Crippen molar-refractivity contribution < 1.29 is 22.9 Å². The Balaban J connectivity index is 2.10. The summed E-state index contributed by atoms with van der Waals surface area (Å²) >= 11 is 11.8. The van der Waals surface area contributed by atoms with Crippen LogP contribution in [0.1, 0.15) is 11.1 Å². The fraction of sp³-hybridized carbons (Fsp3) is 0.176. The summed E-state index contributed by atoms with van der Waals surface area (Å²) in [6.45, 7) is 0. The Labute approximate surface area is 162 Å². The van der Waals surface area contributed by atoms with Crippen molar-refractivity contribution in [1.82, 2.24) is 5.48 Å². The summed E-state index contributed by atoms with van der Waals surface area (Å²) in [4.78, 5) is 9.64. The van der Waals surface area contributed by atoms with Crippen LogP contribution in [-0.4, -0.2) is 13.2 Å². The number of rotatable bonds is 4. The molecule has 1 aliphatic heterocycles. The van der Waals surface area contributed by atoms with Crippen LogP contribution in [0.4, 0.5) is 18.9 Å². The van der Waals surface area contributed by atoms with E-state index < -0.39 is 11.8 Å². The van der Waals surface area contributed by atoms with Crippen LogP contribution < -0.4 is 16.4 Å². The zero-order chi connectivity index (χ0) is 19.8. The molecule has 0 saturated carbocycles.